The summed E-state index contributed by atoms with van der Waals surface area (Å²) in [5, 5.41) is 14.1. The first-order valence-corrected chi connectivity index (χ1v) is 8.75. The van der Waals surface area contributed by atoms with Crippen LogP contribution in [0, 0.1) is 5.41 Å². The fourth-order valence-corrected chi connectivity index (χ4v) is 4.27. The summed E-state index contributed by atoms with van der Waals surface area (Å²) in [6.45, 7) is 6.47. The first-order valence-electron chi connectivity index (χ1n) is 8.75. The maximum Gasteiger partial charge on any atom is 0.0746 e. The largest absolute Gasteiger partial charge is 0.389 e. The quantitative estimate of drug-likeness (QED) is 0.812. The number of hydrogen-bond donors (Lipinski definition) is 2. The van der Waals surface area contributed by atoms with Crippen molar-refractivity contribution in [2.75, 3.05) is 26.2 Å². The molecule has 3 aliphatic rings. The van der Waals surface area contributed by atoms with Crippen LogP contribution in [0.1, 0.15) is 64.7 Å². The van der Waals surface area contributed by atoms with E-state index >= 15 is 0 Å². The van der Waals surface area contributed by atoms with Crippen LogP contribution in [0.25, 0.3) is 0 Å². The lowest BCUT2D eigenvalue weighted by Gasteiger charge is -2.45. The second-order valence-corrected chi connectivity index (χ2v) is 8.03. The first kappa shape index (κ1) is 14.8. The third-order valence-corrected chi connectivity index (χ3v) is 5.57. The lowest BCUT2D eigenvalue weighted by molar-refractivity contribution is -0.0329. The highest BCUT2D eigenvalue weighted by atomic mass is 16.3. The van der Waals surface area contributed by atoms with Crippen molar-refractivity contribution in [1.82, 2.24) is 10.2 Å². The summed E-state index contributed by atoms with van der Waals surface area (Å²) in [6.07, 6.45) is 11.9. The molecule has 0 aromatic rings. The third kappa shape index (κ3) is 3.96. The topological polar surface area (TPSA) is 35.5 Å². The lowest BCUT2D eigenvalue weighted by Crippen LogP contribution is -2.52. The second kappa shape index (κ2) is 5.94. The van der Waals surface area contributed by atoms with Gasteiger partial charge in [0.1, 0.15) is 0 Å². The smallest absolute Gasteiger partial charge is 0.0746 e. The van der Waals surface area contributed by atoms with Crippen molar-refractivity contribution in [3.05, 3.63) is 0 Å². The van der Waals surface area contributed by atoms with Gasteiger partial charge in [-0.05, 0) is 57.4 Å². The molecule has 0 amide bonds. The van der Waals surface area contributed by atoms with Gasteiger partial charge in [-0.1, -0.05) is 19.3 Å². The van der Waals surface area contributed by atoms with Crippen LogP contribution in [0.3, 0.4) is 0 Å². The average molecular weight is 280 g/mol. The number of hydrogen-bond acceptors (Lipinski definition) is 3. The number of β-amino-alcohol motifs (C(OH)–C–C–N with tert-alkyl or cyclic N) is 1. The normalized spacial score (nSPS) is 35.1. The molecule has 0 bridgehead atoms. The van der Waals surface area contributed by atoms with E-state index in [0.29, 0.717) is 5.41 Å². The molecule has 116 valence electrons. The van der Waals surface area contributed by atoms with Crippen LogP contribution in [0.2, 0.25) is 0 Å². The Bertz CT molecular complexity index is 319. The zero-order valence-corrected chi connectivity index (χ0v) is 13.2. The minimum atomic E-state index is -0.460. The van der Waals surface area contributed by atoms with Crippen LogP contribution in [0.15, 0.2) is 0 Å². The fraction of sp³-hybridized carbons (Fsp3) is 1.00. The van der Waals surface area contributed by atoms with E-state index in [2.05, 4.69) is 10.2 Å². The summed E-state index contributed by atoms with van der Waals surface area (Å²) in [5.41, 5.74) is 0.0201. The second-order valence-electron chi connectivity index (χ2n) is 8.03. The monoisotopic (exact) mass is 280 g/mol. The summed E-state index contributed by atoms with van der Waals surface area (Å²) in [4.78, 5) is 2.55. The molecular weight excluding hydrogens is 248 g/mol. The van der Waals surface area contributed by atoms with E-state index in [1.807, 2.05) is 6.92 Å². The highest BCUT2D eigenvalue weighted by Crippen LogP contribution is 2.38. The van der Waals surface area contributed by atoms with E-state index in [1.165, 1.54) is 64.6 Å². The molecule has 0 aromatic carbocycles. The molecule has 0 spiro atoms. The van der Waals surface area contributed by atoms with Gasteiger partial charge in [0.2, 0.25) is 0 Å². The maximum atomic E-state index is 10.3. The van der Waals surface area contributed by atoms with E-state index in [1.54, 1.807) is 0 Å². The fourth-order valence-electron chi connectivity index (χ4n) is 4.27. The van der Waals surface area contributed by atoms with Gasteiger partial charge in [-0.25, -0.2) is 0 Å². The van der Waals surface area contributed by atoms with Gasteiger partial charge in [-0.15, -0.1) is 0 Å². The Balaban J connectivity index is 1.59. The molecule has 3 nitrogen and oxygen atoms in total. The number of piperidine rings is 1. The zero-order chi connectivity index (χ0) is 14.1. The number of nitrogens with one attached hydrogen (secondary N) is 1. The molecule has 1 unspecified atom stereocenters. The number of rotatable bonds is 5. The van der Waals surface area contributed by atoms with Gasteiger partial charge in [0.25, 0.3) is 0 Å². The van der Waals surface area contributed by atoms with Crippen molar-refractivity contribution >= 4 is 0 Å². The number of likely N-dealkylation sites (tertiary alicyclic amines) is 1. The van der Waals surface area contributed by atoms with Crippen LogP contribution in [0.4, 0.5) is 0 Å². The van der Waals surface area contributed by atoms with Crippen LogP contribution in [-0.4, -0.2) is 47.8 Å². The predicted octanol–water partition coefficient (Wildman–Crippen LogP) is 2.54. The Morgan fingerprint density at radius 1 is 1.10 bits per heavy atom. The van der Waals surface area contributed by atoms with E-state index in [4.69, 9.17) is 0 Å². The Morgan fingerprint density at radius 2 is 1.85 bits per heavy atom. The van der Waals surface area contributed by atoms with Gasteiger partial charge in [0, 0.05) is 25.7 Å². The van der Waals surface area contributed by atoms with Gasteiger partial charge in [0.05, 0.1) is 5.60 Å². The molecule has 2 saturated carbocycles. The van der Waals surface area contributed by atoms with Crippen molar-refractivity contribution in [3.63, 3.8) is 0 Å². The average Bonchev–Trinajstić information content (AvgIpc) is 3.20. The molecule has 1 heterocycles. The molecule has 3 heteroatoms. The molecule has 2 aliphatic carbocycles. The van der Waals surface area contributed by atoms with E-state index in [9.17, 15) is 5.11 Å². The Kier molecular flexibility index (Phi) is 4.40. The summed E-state index contributed by atoms with van der Waals surface area (Å²) < 4.78 is 0. The summed E-state index contributed by atoms with van der Waals surface area (Å²) >= 11 is 0. The summed E-state index contributed by atoms with van der Waals surface area (Å²) in [6, 6.07) is 0.818. The molecule has 2 N–H and O–H groups in total. The van der Waals surface area contributed by atoms with E-state index in [-0.39, 0.29) is 0 Å². The molecule has 3 rings (SSSR count). The first-order chi connectivity index (χ1) is 9.57. The minimum absolute atomic E-state index is 0.460. The lowest BCUT2D eigenvalue weighted by atomic mass is 9.73. The number of aliphatic hydroxyl groups is 1. The molecule has 1 aliphatic heterocycles. The molecule has 1 saturated heterocycles. The maximum absolute atomic E-state index is 10.3. The highest BCUT2D eigenvalue weighted by Gasteiger charge is 2.38. The van der Waals surface area contributed by atoms with Crippen LogP contribution in [0.5, 0.6) is 0 Å². The highest BCUT2D eigenvalue weighted by molar-refractivity contribution is 4.93. The third-order valence-electron chi connectivity index (χ3n) is 5.57. The van der Waals surface area contributed by atoms with Crippen molar-refractivity contribution in [1.29, 1.82) is 0 Å². The van der Waals surface area contributed by atoms with Crippen molar-refractivity contribution < 1.29 is 5.11 Å². The standard InChI is InChI=1S/C17H32N2O/c1-16(20)8-5-11-19(13-16)14-17(9-3-2-4-10-17)12-18-15-6-7-15/h15,18,20H,2-14H2,1H3. The van der Waals surface area contributed by atoms with Crippen molar-refractivity contribution in [2.24, 2.45) is 5.41 Å². The molecule has 20 heavy (non-hydrogen) atoms. The van der Waals surface area contributed by atoms with Gasteiger partial charge < -0.3 is 10.4 Å². The molecule has 0 radical (unpaired) electrons. The Morgan fingerprint density at radius 3 is 2.50 bits per heavy atom. The van der Waals surface area contributed by atoms with Crippen LogP contribution in [-0.2, 0) is 0 Å². The van der Waals surface area contributed by atoms with Crippen molar-refractivity contribution in [2.45, 2.75) is 76.4 Å². The van der Waals surface area contributed by atoms with Crippen molar-refractivity contribution in [3.8, 4) is 0 Å². The molecular formula is C17H32N2O. The SMILES string of the molecule is CC1(O)CCCN(CC2(CNC3CC3)CCCCC2)C1. The summed E-state index contributed by atoms with van der Waals surface area (Å²) in [7, 11) is 0. The van der Waals surface area contributed by atoms with Crippen LogP contribution < -0.4 is 5.32 Å². The number of nitrogens with zero attached hydrogens (tertiary/aromatic N) is 1. The minimum Gasteiger partial charge on any atom is -0.389 e. The zero-order valence-electron chi connectivity index (χ0n) is 13.2. The van der Waals surface area contributed by atoms with E-state index < -0.39 is 5.60 Å². The van der Waals surface area contributed by atoms with E-state index in [0.717, 1.165) is 25.4 Å². The van der Waals surface area contributed by atoms with Gasteiger partial charge in [0.15, 0.2) is 0 Å². The molecule has 1 atom stereocenters. The summed E-state index contributed by atoms with van der Waals surface area (Å²) in [5.74, 6) is 0. The van der Waals surface area contributed by atoms with Gasteiger partial charge >= 0.3 is 0 Å². The molecule has 0 aromatic heterocycles. The molecule has 3 fully saturated rings. The predicted molar refractivity (Wildman–Crippen MR) is 82.8 cm³/mol. The Labute approximate surface area is 124 Å². The van der Waals surface area contributed by atoms with Crippen LogP contribution >= 0.6 is 0 Å². The Hall–Kier alpha value is -0.120. The van der Waals surface area contributed by atoms with Gasteiger partial charge in [-0.3, -0.25) is 4.90 Å². The van der Waals surface area contributed by atoms with Gasteiger partial charge in [-0.2, -0.15) is 0 Å².